The number of nitrogens with two attached hydrogens (primary N) is 1. The van der Waals surface area contributed by atoms with E-state index in [1.807, 2.05) is 0 Å². The number of nitrogens with one attached hydrogen (secondary N) is 1. The molecule has 0 atom stereocenters. The summed E-state index contributed by atoms with van der Waals surface area (Å²) in [6.45, 7) is 0. The lowest BCUT2D eigenvalue weighted by molar-refractivity contribution is 0.0953. The van der Waals surface area contributed by atoms with Crippen LogP contribution < -0.4 is 11.3 Å². The lowest BCUT2D eigenvalue weighted by atomic mass is 10.2. The summed E-state index contributed by atoms with van der Waals surface area (Å²) in [5, 5.41) is 7.42. The molecule has 0 unspecified atom stereocenters. The monoisotopic (exact) mass is 204 g/mol. The van der Waals surface area contributed by atoms with Gasteiger partial charge in [0, 0.05) is 6.20 Å². The Morgan fingerprint density at radius 1 is 1.47 bits per heavy atom. The summed E-state index contributed by atoms with van der Waals surface area (Å²) in [5.74, 6) is 4.66. The molecule has 7 nitrogen and oxygen atoms in total. The molecular formula is C8H8N6O. The highest BCUT2D eigenvalue weighted by molar-refractivity contribution is 5.97. The van der Waals surface area contributed by atoms with E-state index in [1.165, 1.54) is 23.3 Å². The Morgan fingerprint density at radius 3 is 3.00 bits per heavy atom. The molecular weight excluding hydrogens is 196 g/mol. The van der Waals surface area contributed by atoms with Crippen molar-refractivity contribution < 1.29 is 4.79 Å². The smallest absolute Gasteiger partial charge is 0.267 e. The Hall–Kier alpha value is -2.28. The van der Waals surface area contributed by atoms with Gasteiger partial charge >= 0.3 is 0 Å². The number of hydrogen-bond donors (Lipinski definition) is 2. The first-order chi connectivity index (χ1) is 7.33. The SMILES string of the molecule is NNC(=O)c1ccncc1-n1ccnn1. The third-order valence-electron chi connectivity index (χ3n) is 1.85. The van der Waals surface area contributed by atoms with E-state index in [-0.39, 0.29) is 0 Å². The fourth-order valence-corrected chi connectivity index (χ4v) is 1.18. The van der Waals surface area contributed by atoms with E-state index in [1.54, 1.807) is 12.3 Å². The van der Waals surface area contributed by atoms with Crippen LogP contribution >= 0.6 is 0 Å². The van der Waals surface area contributed by atoms with Crippen LogP contribution in [0.4, 0.5) is 0 Å². The maximum atomic E-state index is 11.4. The van der Waals surface area contributed by atoms with Gasteiger partial charge in [0.2, 0.25) is 0 Å². The third-order valence-corrected chi connectivity index (χ3v) is 1.85. The molecule has 1 amide bonds. The molecule has 0 aliphatic heterocycles. The van der Waals surface area contributed by atoms with E-state index >= 15 is 0 Å². The van der Waals surface area contributed by atoms with E-state index in [2.05, 4.69) is 20.7 Å². The molecule has 0 aromatic carbocycles. The van der Waals surface area contributed by atoms with Gasteiger partial charge in [-0.1, -0.05) is 5.21 Å². The van der Waals surface area contributed by atoms with Crippen molar-refractivity contribution in [2.45, 2.75) is 0 Å². The Labute approximate surface area is 84.9 Å². The minimum atomic E-state index is -0.400. The highest BCUT2D eigenvalue weighted by atomic mass is 16.2. The predicted octanol–water partition coefficient (Wildman–Crippen LogP) is -0.734. The van der Waals surface area contributed by atoms with Crippen LogP contribution in [0.25, 0.3) is 5.69 Å². The number of hydrogen-bond acceptors (Lipinski definition) is 5. The van der Waals surface area contributed by atoms with Crippen LogP contribution in [0.3, 0.4) is 0 Å². The molecule has 0 aliphatic rings. The molecule has 2 heterocycles. The Kier molecular flexibility index (Phi) is 2.38. The van der Waals surface area contributed by atoms with Crippen molar-refractivity contribution in [2.24, 2.45) is 5.84 Å². The summed E-state index contributed by atoms with van der Waals surface area (Å²) in [6, 6.07) is 1.55. The second-order valence-corrected chi connectivity index (χ2v) is 2.71. The zero-order valence-electron chi connectivity index (χ0n) is 7.66. The third kappa shape index (κ3) is 1.67. The highest BCUT2D eigenvalue weighted by Crippen LogP contribution is 2.10. The molecule has 2 aromatic heterocycles. The summed E-state index contributed by atoms with van der Waals surface area (Å²) < 4.78 is 1.44. The summed E-state index contributed by atoms with van der Waals surface area (Å²) in [4.78, 5) is 15.3. The van der Waals surface area contributed by atoms with Gasteiger partial charge in [-0.25, -0.2) is 10.5 Å². The summed E-state index contributed by atoms with van der Waals surface area (Å²) in [7, 11) is 0. The topological polar surface area (TPSA) is 98.7 Å². The van der Waals surface area contributed by atoms with Crippen molar-refractivity contribution in [2.75, 3.05) is 0 Å². The van der Waals surface area contributed by atoms with Crippen molar-refractivity contribution in [3.8, 4) is 5.69 Å². The van der Waals surface area contributed by atoms with Crippen LogP contribution in [0.1, 0.15) is 10.4 Å². The second-order valence-electron chi connectivity index (χ2n) is 2.71. The molecule has 0 spiro atoms. The van der Waals surface area contributed by atoms with E-state index < -0.39 is 5.91 Å². The second kappa shape index (κ2) is 3.84. The lowest BCUT2D eigenvalue weighted by Crippen LogP contribution is -2.31. The van der Waals surface area contributed by atoms with Gasteiger partial charge in [0.25, 0.3) is 5.91 Å². The first-order valence-corrected chi connectivity index (χ1v) is 4.14. The fourth-order valence-electron chi connectivity index (χ4n) is 1.18. The van der Waals surface area contributed by atoms with Gasteiger partial charge in [0.15, 0.2) is 0 Å². The van der Waals surface area contributed by atoms with Crippen LogP contribution in [0, 0.1) is 0 Å². The summed E-state index contributed by atoms with van der Waals surface area (Å²) >= 11 is 0. The van der Waals surface area contributed by atoms with E-state index in [9.17, 15) is 4.79 Å². The molecule has 0 saturated heterocycles. The zero-order chi connectivity index (χ0) is 10.7. The van der Waals surface area contributed by atoms with Gasteiger partial charge < -0.3 is 0 Å². The molecule has 0 radical (unpaired) electrons. The number of pyridine rings is 1. The first kappa shape index (κ1) is 9.28. The van der Waals surface area contributed by atoms with Crippen LogP contribution in [-0.2, 0) is 0 Å². The summed E-state index contributed by atoms with van der Waals surface area (Å²) in [5.41, 5.74) is 2.97. The minimum absolute atomic E-state index is 0.387. The van der Waals surface area contributed by atoms with Crippen LogP contribution in [-0.4, -0.2) is 25.9 Å². The standard InChI is InChI=1S/C8H8N6O/c9-12-8(15)6-1-2-10-5-7(6)14-4-3-11-13-14/h1-5H,9H2,(H,12,15). The number of carbonyl (C=O) groups is 1. The number of rotatable bonds is 2. The molecule has 2 aromatic rings. The maximum Gasteiger partial charge on any atom is 0.267 e. The highest BCUT2D eigenvalue weighted by Gasteiger charge is 2.11. The zero-order valence-corrected chi connectivity index (χ0v) is 7.66. The molecule has 76 valence electrons. The van der Waals surface area contributed by atoms with E-state index in [0.29, 0.717) is 11.3 Å². The first-order valence-electron chi connectivity index (χ1n) is 4.14. The van der Waals surface area contributed by atoms with Gasteiger partial charge in [0.05, 0.1) is 29.8 Å². The van der Waals surface area contributed by atoms with Crippen molar-refractivity contribution in [1.82, 2.24) is 25.4 Å². The average molecular weight is 204 g/mol. The number of nitrogen functional groups attached to an aromatic ring is 1. The quantitative estimate of drug-likeness (QED) is 0.381. The molecule has 0 saturated carbocycles. The molecule has 7 heteroatoms. The van der Waals surface area contributed by atoms with Crippen molar-refractivity contribution >= 4 is 5.91 Å². The van der Waals surface area contributed by atoms with Crippen molar-refractivity contribution in [1.29, 1.82) is 0 Å². The molecule has 15 heavy (non-hydrogen) atoms. The molecule has 0 bridgehead atoms. The Balaban J connectivity index is 2.52. The lowest BCUT2D eigenvalue weighted by Gasteiger charge is -2.05. The number of carbonyl (C=O) groups excluding carboxylic acids is 1. The van der Waals surface area contributed by atoms with Crippen LogP contribution in [0.15, 0.2) is 30.9 Å². The van der Waals surface area contributed by atoms with Crippen molar-refractivity contribution in [3.63, 3.8) is 0 Å². The minimum Gasteiger partial charge on any atom is -0.290 e. The van der Waals surface area contributed by atoms with Gasteiger partial charge in [-0.15, -0.1) is 5.10 Å². The van der Waals surface area contributed by atoms with Gasteiger partial charge in [0.1, 0.15) is 0 Å². The summed E-state index contributed by atoms with van der Waals surface area (Å²) in [6.07, 6.45) is 6.14. The average Bonchev–Trinajstić information content (AvgIpc) is 2.81. The number of aromatic nitrogens is 4. The van der Waals surface area contributed by atoms with Crippen LogP contribution in [0.5, 0.6) is 0 Å². The Bertz CT molecular complexity index is 466. The van der Waals surface area contributed by atoms with E-state index in [0.717, 1.165) is 0 Å². The van der Waals surface area contributed by atoms with Crippen molar-refractivity contribution in [3.05, 3.63) is 36.4 Å². The fraction of sp³-hybridized carbons (Fsp3) is 0. The van der Waals surface area contributed by atoms with E-state index in [4.69, 9.17) is 5.84 Å². The van der Waals surface area contributed by atoms with Crippen LogP contribution in [0.2, 0.25) is 0 Å². The molecule has 2 rings (SSSR count). The van der Waals surface area contributed by atoms with Gasteiger partial charge in [-0.05, 0) is 6.07 Å². The molecule has 3 N–H and O–H groups in total. The maximum absolute atomic E-state index is 11.4. The van der Waals surface area contributed by atoms with Gasteiger partial charge in [-0.2, -0.15) is 0 Å². The number of amides is 1. The molecule has 0 fully saturated rings. The largest absolute Gasteiger partial charge is 0.290 e. The Morgan fingerprint density at radius 2 is 2.33 bits per heavy atom. The normalized spacial score (nSPS) is 9.93. The number of hydrazine groups is 1. The predicted molar refractivity (Wildman–Crippen MR) is 50.8 cm³/mol. The number of nitrogens with zero attached hydrogens (tertiary/aromatic N) is 4. The molecule has 0 aliphatic carbocycles. The van der Waals surface area contributed by atoms with Gasteiger partial charge in [-0.3, -0.25) is 15.2 Å².